The predicted molar refractivity (Wildman–Crippen MR) is 66.5 cm³/mol. The van der Waals surface area contributed by atoms with Crippen molar-refractivity contribution < 1.29 is 9.59 Å². The van der Waals surface area contributed by atoms with Gasteiger partial charge >= 0.3 is 0 Å². The maximum absolute atomic E-state index is 11.8. The summed E-state index contributed by atoms with van der Waals surface area (Å²) in [5, 5.41) is 6.03. The third-order valence-electron chi connectivity index (χ3n) is 3.31. The van der Waals surface area contributed by atoms with Crippen LogP contribution in [-0.4, -0.2) is 49.4 Å². The summed E-state index contributed by atoms with van der Waals surface area (Å²) in [6, 6.07) is 0.383. The summed E-state index contributed by atoms with van der Waals surface area (Å²) >= 11 is 0. The number of nitrogens with zero attached hydrogens (tertiary/aromatic N) is 1. The Hall–Kier alpha value is -1.10. The van der Waals surface area contributed by atoms with Crippen LogP contribution in [0.25, 0.3) is 0 Å². The maximum atomic E-state index is 11.8. The monoisotopic (exact) mass is 241 g/mol. The third-order valence-corrected chi connectivity index (χ3v) is 3.31. The topological polar surface area (TPSA) is 61.4 Å². The van der Waals surface area contributed by atoms with E-state index in [2.05, 4.69) is 17.6 Å². The minimum absolute atomic E-state index is 0.0104. The van der Waals surface area contributed by atoms with Gasteiger partial charge in [-0.25, -0.2) is 0 Å². The Morgan fingerprint density at radius 3 is 2.76 bits per heavy atom. The molecule has 0 aliphatic carbocycles. The van der Waals surface area contributed by atoms with Crippen LogP contribution in [0.5, 0.6) is 0 Å². The first-order valence-electron chi connectivity index (χ1n) is 6.29. The van der Waals surface area contributed by atoms with Gasteiger partial charge in [-0.1, -0.05) is 0 Å². The molecule has 5 nitrogen and oxygen atoms in total. The molecule has 1 aliphatic heterocycles. The Balaban J connectivity index is 2.31. The molecule has 1 heterocycles. The normalized spacial score (nSPS) is 24.2. The van der Waals surface area contributed by atoms with E-state index in [1.807, 2.05) is 6.92 Å². The van der Waals surface area contributed by atoms with Crippen molar-refractivity contribution in [1.82, 2.24) is 15.5 Å². The van der Waals surface area contributed by atoms with Gasteiger partial charge < -0.3 is 15.5 Å². The van der Waals surface area contributed by atoms with E-state index in [4.69, 9.17) is 0 Å². The number of hydrogen-bond donors (Lipinski definition) is 2. The molecule has 0 bridgehead atoms. The fraction of sp³-hybridized carbons (Fsp3) is 0.833. The average molecular weight is 241 g/mol. The highest BCUT2D eigenvalue weighted by Crippen LogP contribution is 2.15. The predicted octanol–water partition coefficient (Wildman–Crippen LogP) is -0.0310. The number of piperidine rings is 1. The second kappa shape index (κ2) is 6.59. The number of hydrogen-bond acceptors (Lipinski definition) is 3. The highest BCUT2D eigenvalue weighted by molar-refractivity contribution is 5.85. The molecule has 2 atom stereocenters. The second-order valence-electron chi connectivity index (χ2n) is 4.70. The zero-order chi connectivity index (χ0) is 12.8. The van der Waals surface area contributed by atoms with E-state index in [9.17, 15) is 9.59 Å². The Morgan fingerprint density at radius 1 is 1.47 bits per heavy atom. The van der Waals surface area contributed by atoms with Gasteiger partial charge in [-0.3, -0.25) is 9.59 Å². The van der Waals surface area contributed by atoms with E-state index < -0.39 is 0 Å². The van der Waals surface area contributed by atoms with Gasteiger partial charge in [0.05, 0.1) is 6.54 Å². The van der Waals surface area contributed by atoms with Crippen LogP contribution in [-0.2, 0) is 9.59 Å². The molecule has 2 unspecified atom stereocenters. The number of likely N-dealkylation sites (N-methyl/N-ethyl adjacent to an activating group) is 1. The zero-order valence-electron chi connectivity index (χ0n) is 11.0. The lowest BCUT2D eigenvalue weighted by Crippen LogP contribution is -2.45. The van der Waals surface area contributed by atoms with Crippen LogP contribution in [0.15, 0.2) is 0 Å². The molecule has 1 aliphatic rings. The van der Waals surface area contributed by atoms with Gasteiger partial charge in [0.1, 0.15) is 0 Å². The number of amides is 2. The molecular formula is C12H23N3O2. The van der Waals surface area contributed by atoms with Crippen LogP contribution in [0.3, 0.4) is 0 Å². The first-order valence-corrected chi connectivity index (χ1v) is 6.29. The summed E-state index contributed by atoms with van der Waals surface area (Å²) in [5.41, 5.74) is 0. The van der Waals surface area contributed by atoms with E-state index >= 15 is 0 Å². The van der Waals surface area contributed by atoms with Gasteiger partial charge in [0.15, 0.2) is 0 Å². The van der Waals surface area contributed by atoms with Gasteiger partial charge in [0.2, 0.25) is 11.8 Å². The van der Waals surface area contributed by atoms with Gasteiger partial charge in [-0.2, -0.15) is 0 Å². The van der Waals surface area contributed by atoms with Crippen LogP contribution in [0.2, 0.25) is 0 Å². The molecule has 1 fully saturated rings. The highest BCUT2D eigenvalue weighted by Gasteiger charge is 2.24. The van der Waals surface area contributed by atoms with Gasteiger partial charge in [-0.05, 0) is 33.2 Å². The van der Waals surface area contributed by atoms with Crippen molar-refractivity contribution in [3.8, 4) is 0 Å². The first kappa shape index (κ1) is 14.0. The third kappa shape index (κ3) is 4.34. The molecule has 98 valence electrons. The maximum Gasteiger partial charge on any atom is 0.241 e. The zero-order valence-corrected chi connectivity index (χ0v) is 11.0. The lowest BCUT2D eigenvalue weighted by Gasteiger charge is -2.27. The Kier molecular flexibility index (Phi) is 5.41. The highest BCUT2D eigenvalue weighted by atomic mass is 16.2. The molecule has 2 N–H and O–H groups in total. The molecule has 1 saturated heterocycles. The lowest BCUT2D eigenvalue weighted by atomic mass is 9.92. The summed E-state index contributed by atoms with van der Waals surface area (Å²) in [6.45, 7) is 5.65. The smallest absolute Gasteiger partial charge is 0.241 e. The SMILES string of the molecule is CCN(C)C(=O)CNC(=O)C1CCNC(C)C1. The van der Waals surface area contributed by atoms with Crippen LogP contribution in [0, 0.1) is 5.92 Å². The van der Waals surface area contributed by atoms with E-state index in [1.54, 1.807) is 11.9 Å². The van der Waals surface area contributed by atoms with E-state index in [0.717, 1.165) is 19.4 Å². The molecule has 2 amide bonds. The second-order valence-corrected chi connectivity index (χ2v) is 4.70. The quantitative estimate of drug-likeness (QED) is 0.726. The van der Waals surface area contributed by atoms with Crippen molar-refractivity contribution in [2.24, 2.45) is 5.92 Å². The fourth-order valence-electron chi connectivity index (χ4n) is 1.99. The molecule has 0 radical (unpaired) electrons. The molecule has 17 heavy (non-hydrogen) atoms. The van der Waals surface area contributed by atoms with Gasteiger partial charge in [-0.15, -0.1) is 0 Å². The molecular weight excluding hydrogens is 218 g/mol. The standard InChI is InChI=1S/C12H23N3O2/c1-4-15(3)11(16)8-14-12(17)10-5-6-13-9(2)7-10/h9-10,13H,4-8H2,1-3H3,(H,14,17). The lowest BCUT2D eigenvalue weighted by molar-refractivity contribution is -0.133. The largest absolute Gasteiger partial charge is 0.347 e. The number of rotatable bonds is 4. The minimum Gasteiger partial charge on any atom is -0.347 e. The summed E-state index contributed by atoms with van der Waals surface area (Å²) in [6.07, 6.45) is 1.71. The van der Waals surface area contributed by atoms with Crippen LogP contribution < -0.4 is 10.6 Å². The van der Waals surface area contributed by atoms with E-state index in [0.29, 0.717) is 12.6 Å². The molecule has 0 saturated carbocycles. The van der Waals surface area contributed by atoms with Crippen molar-refractivity contribution in [3.05, 3.63) is 0 Å². The summed E-state index contributed by atoms with van der Waals surface area (Å²) in [7, 11) is 1.74. The number of carbonyl (C=O) groups excluding carboxylic acids is 2. The van der Waals surface area contributed by atoms with E-state index in [1.165, 1.54) is 0 Å². The van der Waals surface area contributed by atoms with Crippen molar-refractivity contribution in [2.45, 2.75) is 32.7 Å². The number of nitrogens with one attached hydrogen (secondary N) is 2. The Bertz CT molecular complexity index is 281. The molecule has 0 aromatic rings. The minimum atomic E-state index is -0.0390. The molecule has 1 rings (SSSR count). The Labute approximate surface area is 103 Å². The van der Waals surface area contributed by atoms with Crippen molar-refractivity contribution in [2.75, 3.05) is 26.7 Å². The van der Waals surface area contributed by atoms with E-state index in [-0.39, 0.29) is 24.3 Å². The average Bonchev–Trinajstić information content (AvgIpc) is 2.34. The van der Waals surface area contributed by atoms with Crippen molar-refractivity contribution in [3.63, 3.8) is 0 Å². The van der Waals surface area contributed by atoms with Crippen LogP contribution in [0.1, 0.15) is 26.7 Å². The van der Waals surface area contributed by atoms with Crippen LogP contribution in [0.4, 0.5) is 0 Å². The molecule has 0 aromatic heterocycles. The summed E-state index contributed by atoms with van der Waals surface area (Å²) in [5.74, 6) is 0.0185. The van der Waals surface area contributed by atoms with Gasteiger partial charge in [0, 0.05) is 25.6 Å². The first-order chi connectivity index (χ1) is 8.04. The molecule has 5 heteroatoms. The molecule has 0 spiro atoms. The summed E-state index contributed by atoms with van der Waals surface area (Å²) < 4.78 is 0. The molecule has 0 aromatic carbocycles. The fourth-order valence-corrected chi connectivity index (χ4v) is 1.99. The Morgan fingerprint density at radius 2 is 2.18 bits per heavy atom. The van der Waals surface area contributed by atoms with Crippen LogP contribution >= 0.6 is 0 Å². The number of carbonyl (C=O) groups is 2. The van der Waals surface area contributed by atoms with Crippen molar-refractivity contribution in [1.29, 1.82) is 0 Å². The summed E-state index contributed by atoms with van der Waals surface area (Å²) in [4.78, 5) is 25.0. The van der Waals surface area contributed by atoms with Gasteiger partial charge in [0.25, 0.3) is 0 Å². The van der Waals surface area contributed by atoms with Crippen molar-refractivity contribution >= 4 is 11.8 Å².